The zero-order valence-corrected chi connectivity index (χ0v) is 14.9. The summed E-state index contributed by atoms with van der Waals surface area (Å²) in [4.78, 5) is 0. The Hall–Kier alpha value is -0.470. The largest absolute Gasteiger partial charge is 0.256 e. The lowest BCUT2D eigenvalue weighted by Crippen LogP contribution is -2.26. The molecule has 0 radical (unpaired) electrons. The van der Waals surface area contributed by atoms with Crippen LogP contribution in [0.5, 0.6) is 0 Å². The topological polar surface area (TPSA) is 12.0 Å². The Balaban J connectivity index is 2.35. The lowest BCUT2D eigenvalue weighted by Gasteiger charge is -2.24. The minimum Gasteiger partial charge on any atom is -0.256 e. The molecule has 2 heteroatoms. The van der Waals surface area contributed by atoms with Crippen LogP contribution in [-0.4, -0.2) is 10.8 Å². The van der Waals surface area contributed by atoms with Gasteiger partial charge in [-0.3, -0.25) is 4.72 Å². The summed E-state index contributed by atoms with van der Waals surface area (Å²) in [6.45, 7) is 17.6. The second-order valence-electron chi connectivity index (χ2n) is 7.67. The summed E-state index contributed by atoms with van der Waals surface area (Å²) >= 11 is 1.82. The highest BCUT2D eigenvalue weighted by Gasteiger charge is 2.17. The van der Waals surface area contributed by atoms with Gasteiger partial charge in [0.25, 0.3) is 0 Å². The molecule has 0 saturated heterocycles. The van der Waals surface area contributed by atoms with Crippen LogP contribution in [0.2, 0.25) is 0 Å². The minimum atomic E-state index is 0.229. The first-order chi connectivity index (χ1) is 9.08. The molecule has 0 spiro atoms. The van der Waals surface area contributed by atoms with Crippen molar-refractivity contribution in [3.8, 4) is 0 Å². The standard InChI is InChI=1S/C18H31NS/c1-14(17(2,3)4)8-9-15-10-12-16(13-11-15)19-20-18(5,6)7/h10-12,16,19H,1,8-9,13H2,2-7H3. The van der Waals surface area contributed by atoms with Crippen LogP contribution in [0.3, 0.4) is 0 Å². The minimum absolute atomic E-state index is 0.229. The zero-order valence-electron chi connectivity index (χ0n) is 14.0. The van der Waals surface area contributed by atoms with Gasteiger partial charge in [-0.1, -0.05) is 68.7 Å². The van der Waals surface area contributed by atoms with Gasteiger partial charge in [-0.05, 0) is 45.4 Å². The molecular weight excluding hydrogens is 262 g/mol. The second-order valence-corrected chi connectivity index (χ2v) is 9.33. The van der Waals surface area contributed by atoms with Crippen molar-refractivity contribution in [2.24, 2.45) is 5.41 Å². The summed E-state index contributed by atoms with van der Waals surface area (Å²) in [6.07, 6.45) is 10.3. The van der Waals surface area contributed by atoms with Gasteiger partial charge in [0.1, 0.15) is 0 Å². The van der Waals surface area contributed by atoms with Gasteiger partial charge in [0.05, 0.1) is 0 Å². The highest BCUT2D eigenvalue weighted by atomic mass is 32.2. The Morgan fingerprint density at radius 2 is 1.95 bits per heavy atom. The summed E-state index contributed by atoms with van der Waals surface area (Å²) in [5, 5.41) is 0. The SMILES string of the molecule is C=C(CCC1=CCC(NSC(C)(C)C)C=C1)C(C)(C)C. The summed E-state index contributed by atoms with van der Waals surface area (Å²) in [5.41, 5.74) is 3.02. The van der Waals surface area contributed by atoms with Gasteiger partial charge in [-0.25, -0.2) is 0 Å². The smallest absolute Gasteiger partial charge is 0.0389 e. The second kappa shape index (κ2) is 7.00. The number of hydrogen-bond donors (Lipinski definition) is 1. The maximum Gasteiger partial charge on any atom is 0.0389 e. The third-order valence-corrected chi connectivity index (χ3v) is 4.50. The van der Waals surface area contributed by atoms with Crippen LogP contribution in [0.15, 0.2) is 36.0 Å². The number of allylic oxidation sites excluding steroid dienone is 3. The van der Waals surface area contributed by atoms with Crippen molar-refractivity contribution in [2.45, 2.75) is 71.6 Å². The average Bonchev–Trinajstić information content (AvgIpc) is 2.32. The van der Waals surface area contributed by atoms with Gasteiger partial charge >= 0.3 is 0 Å². The lowest BCUT2D eigenvalue weighted by molar-refractivity contribution is 0.484. The van der Waals surface area contributed by atoms with E-state index in [4.69, 9.17) is 0 Å². The van der Waals surface area contributed by atoms with Gasteiger partial charge in [-0.15, -0.1) is 0 Å². The highest BCUT2D eigenvalue weighted by molar-refractivity contribution is 7.98. The van der Waals surface area contributed by atoms with Crippen molar-refractivity contribution in [2.75, 3.05) is 0 Å². The van der Waals surface area contributed by atoms with Crippen molar-refractivity contribution < 1.29 is 0 Å². The molecule has 0 heterocycles. The van der Waals surface area contributed by atoms with Gasteiger partial charge in [-0.2, -0.15) is 0 Å². The van der Waals surface area contributed by atoms with Crippen LogP contribution < -0.4 is 4.72 Å². The normalized spacial score (nSPS) is 19.9. The van der Waals surface area contributed by atoms with Crippen molar-refractivity contribution >= 4 is 11.9 Å². The maximum atomic E-state index is 4.21. The quantitative estimate of drug-likeness (QED) is 0.518. The van der Waals surface area contributed by atoms with Crippen LogP contribution in [0.25, 0.3) is 0 Å². The molecule has 1 unspecified atom stereocenters. The molecule has 1 atom stereocenters. The third kappa shape index (κ3) is 6.81. The molecule has 0 aromatic carbocycles. The molecule has 114 valence electrons. The first-order valence-electron chi connectivity index (χ1n) is 7.57. The van der Waals surface area contributed by atoms with Gasteiger partial charge in [0.15, 0.2) is 0 Å². The van der Waals surface area contributed by atoms with Gasteiger partial charge in [0.2, 0.25) is 0 Å². The summed E-state index contributed by atoms with van der Waals surface area (Å²) in [5.74, 6) is 0. The van der Waals surface area contributed by atoms with E-state index in [1.165, 1.54) is 11.1 Å². The van der Waals surface area contributed by atoms with Crippen molar-refractivity contribution in [1.82, 2.24) is 4.72 Å². The Labute approximate surface area is 130 Å². The van der Waals surface area contributed by atoms with E-state index >= 15 is 0 Å². The molecule has 0 bridgehead atoms. The van der Waals surface area contributed by atoms with E-state index in [1.54, 1.807) is 0 Å². The predicted molar refractivity (Wildman–Crippen MR) is 93.9 cm³/mol. The van der Waals surface area contributed by atoms with E-state index in [9.17, 15) is 0 Å². The molecule has 0 saturated carbocycles. The number of nitrogens with one attached hydrogen (secondary N) is 1. The molecule has 1 aliphatic carbocycles. The van der Waals surface area contributed by atoms with E-state index in [1.807, 2.05) is 11.9 Å². The Morgan fingerprint density at radius 1 is 1.30 bits per heavy atom. The molecular formula is C18H31NS. The fourth-order valence-electron chi connectivity index (χ4n) is 1.86. The van der Waals surface area contributed by atoms with Crippen LogP contribution >= 0.6 is 11.9 Å². The summed E-state index contributed by atoms with van der Waals surface area (Å²) in [7, 11) is 0. The van der Waals surface area contributed by atoms with E-state index in [0.717, 1.165) is 19.3 Å². The summed E-state index contributed by atoms with van der Waals surface area (Å²) < 4.78 is 3.81. The van der Waals surface area contributed by atoms with Crippen molar-refractivity contribution in [3.63, 3.8) is 0 Å². The van der Waals surface area contributed by atoms with Gasteiger partial charge in [0, 0.05) is 10.8 Å². The Bertz CT molecular complexity index is 391. The molecule has 20 heavy (non-hydrogen) atoms. The van der Waals surface area contributed by atoms with Crippen LogP contribution in [-0.2, 0) is 0 Å². The fourth-order valence-corrected chi connectivity index (χ4v) is 2.54. The molecule has 0 amide bonds. The first-order valence-corrected chi connectivity index (χ1v) is 8.38. The molecule has 0 aromatic rings. The average molecular weight is 294 g/mol. The van der Waals surface area contributed by atoms with E-state index in [-0.39, 0.29) is 10.2 Å². The highest BCUT2D eigenvalue weighted by Crippen LogP contribution is 2.29. The van der Waals surface area contributed by atoms with Crippen molar-refractivity contribution in [1.29, 1.82) is 0 Å². The van der Waals surface area contributed by atoms with Crippen LogP contribution in [0.4, 0.5) is 0 Å². The first kappa shape index (κ1) is 17.6. The molecule has 1 N–H and O–H groups in total. The molecule has 1 aliphatic rings. The Morgan fingerprint density at radius 3 is 2.40 bits per heavy atom. The summed E-state index contributed by atoms with van der Waals surface area (Å²) in [6, 6.07) is 0.466. The van der Waals surface area contributed by atoms with Crippen LogP contribution in [0.1, 0.15) is 60.8 Å². The van der Waals surface area contributed by atoms with Gasteiger partial charge < -0.3 is 0 Å². The van der Waals surface area contributed by atoms with E-state index in [0.29, 0.717) is 6.04 Å². The predicted octanol–water partition coefficient (Wildman–Crippen LogP) is 5.66. The molecule has 0 fully saturated rings. The molecule has 0 aromatic heterocycles. The Kier molecular flexibility index (Phi) is 6.15. The molecule has 0 aliphatic heterocycles. The van der Waals surface area contributed by atoms with E-state index in [2.05, 4.69) is 71.1 Å². The molecule has 1 nitrogen and oxygen atoms in total. The molecule has 1 rings (SSSR count). The monoisotopic (exact) mass is 293 g/mol. The van der Waals surface area contributed by atoms with E-state index < -0.39 is 0 Å². The number of rotatable bonds is 5. The zero-order chi connectivity index (χ0) is 15.4. The fraction of sp³-hybridized carbons (Fsp3) is 0.667. The van der Waals surface area contributed by atoms with Crippen LogP contribution in [0, 0.1) is 5.41 Å². The maximum absolute atomic E-state index is 4.21. The number of hydrogen-bond acceptors (Lipinski definition) is 2. The third-order valence-electron chi connectivity index (χ3n) is 3.47. The van der Waals surface area contributed by atoms with Crippen molar-refractivity contribution in [3.05, 3.63) is 36.0 Å². The lowest BCUT2D eigenvalue weighted by atomic mass is 9.84.